The molecule has 0 radical (unpaired) electrons. The number of hydrogen-bond donors (Lipinski definition) is 1. The maximum Gasteiger partial charge on any atom is 0.320 e. The summed E-state index contributed by atoms with van der Waals surface area (Å²) in [6, 6.07) is 8.95. The zero-order valence-electron chi connectivity index (χ0n) is 20.2. The first-order chi connectivity index (χ1) is 17.4. The van der Waals surface area contributed by atoms with Crippen molar-refractivity contribution in [3.05, 3.63) is 59.7 Å². The van der Waals surface area contributed by atoms with Crippen LogP contribution in [0.15, 0.2) is 42.7 Å². The van der Waals surface area contributed by atoms with E-state index in [-0.39, 0.29) is 17.7 Å². The Morgan fingerprint density at radius 2 is 1.83 bits per heavy atom. The Kier molecular flexibility index (Phi) is 6.47. The second-order valence-electron chi connectivity index (χ2n) is 8.70. The number of likely N-dealkylation sites (N-methyl/N-ethyl adjacent to an activating group) is 1. The fraction of sp³-hybridized carbons (Fsp3) is 0.320. The number of benzene rings is 1. The normalized spacial score (nSPS) is 14.4. The largest absolute Gasteiger partial charge is 0.464 e. The van der Waals surface area contributed by atoms with Crippen molar-refractivity contribution in [3.8, 4) is 17.4 Å². The number of amides is 1. The standard InChI is InChI=1S/C25H27FN8O2/c1-3-36-25-30-21(27)20-23(31-25)34(22(29-20)18-12-19(26)14-28-13-18)15-16-4-6-17(7-5-16)24(35)33-10-8-32(2)9-11-33/h4-7,12-14H,3,8-11,15H2,1-2H3,(H2,27,30,31). The van der Waals surface area contributed by atoms with Gasteiger partial charge in [-0.1, -0.05) is 12.1 Å². The van der Waals surface area contributed by atoms with Gasteiger partial charge in [-0.05, 0) is 37.7 Å². The van der Waals surface area contributed by atoms with Gasteiger partial charge in [-0.3, -0.25) is 9.78 Å². The van der Waals surface area contributed by atoms with Crippen molar-refractivity contribution in [2.24, 2.45) is 0 Å². The summed E-state index contributed by atoms with van der Waals surface area (Å²) in [6.07, 6.45) is 2.67. The second-order valence-corrected chi connectivity index (χ2v) is 8.70. The van der Waals surface area contributed by atoms with Crippen LogP contribution in [0.3, 0.4) is 0 Å². The van der Waals surface area contributed by atoms with Crippen LogP contribution < -0.4 is 10.5 Å². The van der Waals surface area contributed by atoms with Crippen LogP contribution in [-0.2, 0) is 6.54 Å². The van der Waals surface area contributed by atoms with E-state index in [4.69, 9.17) is 10.5 Å². The monoisotopic (exact) mass is 490 g/mol. The maximum absolute atomic E-state index is 14.0. The molecule has 36 heavy (non-hydrogen) atoms. The molecule has 0 aliphatic carbocycles. The number of aromatic nitrogens is 5. The van der Waals surface area contributed by atoms with E-state index in [1.807, 2.05) is 40.7 Å². The SMILES string of the molecule is CCOc1nc(N)c2nc(-c3cncc(F)c3)n(Cc3ccc(C(=O)N4CCN(C)CC4)cc3)c2n1. The molecule has 0 unspecified atom stereocenters. The zero-order chi connectivity index (χ0) is 25.2. The van der Waals surface area contributed by atoms with E-state index in [0.717, 1.165) is 24.8 Å². The molecular weight excluding hydrogens is 463 g/mol. The molecule has 1 saturated heterocycles. The van der Waals surface area contributed by atoms with Crippen molar-refractivity contribution in [1.82, 2.24) is 34.3 Å². The van der Waals surface area contributed by atoms with Crippen LogP contribution in [-0.4, -0.2) is 80.0 Å². The molecule has 4 heterocycles. The van der Waals surface area contributed by atoms with E-state index in [0.29, 0.717) is 54.4 Å². The molecule has 0 spiro atoms. The van der Waals surface area contributed by atoms with Crippen LogP contribution in [0.1, 0.15) is 22.8 Å². The fourth-order valence-corrected chi connectivity index (χ4v) is 4.23. The summed E-state index contributed by atoms with van der Waals surface area (Å²) in [6.45, 7) is 5.72. The van der Waals surface area contributed by atoms with Gasteiger partial charge in [0, 0.05) is 43.5 Å². The number of pyridine rings is 1. The average Bonchev–Trinajstić information content (AvgIpc) is 3.23. The Bertz CT molecular complexity index is 1400. The highest BCUT2D eigenvalue weighted by Gasteiger charge is 2.22. The number of carbonyl (C=O) groups is 1. The molecule has 1 aliphatic rings. The first-order valence-electron chi connectivity index (χ1n) is 11.8. The van der Waals surface area contributed by atoms with E-state index >= 15 is 0 Å². The number of nitrogens with two attached hydrogens (primary N) is 1. The number of carbonyl (C=O) groups excluding carboxylic acids is 1. The molecule has 11 heteroatoms. The molecule has 1 aromatic carbocycles. The fourth-order valence-electron chi connectivity index (χ4n) is 4.23. The third kappa shape index (κ3) is 4.69. The predicted molar refractivity (Wildman–Crippen MR) is 133 cm³/mol. The highest BCUT2D eigenvalue weighted by molar-refractivity contribution is 5.94. The van der Waals surface area contributed by atoms with Gasteiger partial charge in [0.1, 0.15) is 11.6 Å². The molecule has 1 amide bonds. The number of nitrogens with zero attached hydrogens (tertiary/aromatic N) is 7. The molecule has 0 saturated carbocycles. The molecule has 3 aromatic heterocycles. The van der Waals surface area contributed by atoms with Crippen molar-refractivity contribution in [3.63, 3.8) is 0 Å². The minimum atomic E-state index is -0.480. The minimum Gasteiger partial charge on any atom is -0.464 e. The number of piperazine rings is 1. The van der Waals surface area contributed by atoms with Gasteiger partial charge in [-0.15, -0.1) is 0 Å². The third-order valence-corrected chi connectivity index (χ3v) is 6.17. The summed E-state index contributed by atoms with van der Waals surface area (Å²) in [5, 5.41) is 0. The molecular formula is C25H27FN8O2. The number of ether oxygens (including phenoxy) is 1. The lowest BCUT2D eigenvalue weighted by Gasteiger charge is -2.32. The summed E-state index contributed by atoms with van der Waals surface area (Å²) in [5.41, 5.74) is 9.03. The predicted octanol–water partition coefficient (Wildman–Crippen LogP) is 2.44. The highest BCUT2D eigenvalue weighted by atomic mass is 19.1. The molecule has 10 nitrogen and oxygen atoms in total. The Morgan fingerprint density at radius 1 is 1.08 bits per heavy atom. The lowest BCUT2D eigenvalue weighted by molar-refractivity contribution is 0.0664. The average molecular weight is 491 g/mol. The summed E-state index contributed by atoms with van der Waals surface area (Å²) < 4.78 is 21.3. The molecule has 1 aliphatic heterocycles. The van der Waals surface area contributed by atoms with Gasteiger partial charge in [0.05, 0.1) is 19.3 Å². The lowest BCUT2D eigenvalue weighted by atomic mass is 10.1. The molecule has 2 N–H and O–H groups in total. The molecule has 4 aromatic rings. The second kappa shape index (κ2) is 9.86. The number of fused-ring (bicyclic) bond motifs is 1. The minimum absolute atomic E-state index is 0.0242. The van der Waals surface area contributed by atoms with Crippen LogP contribution in [0.25, 0.3) is 22.6 Å². The molecule has 0 atom stereocenters. The van der Waals surface area contributed by atoms with Gasteiger partial charge in [0.2, 0.25) is 0 Å². The van der Waals surface area contributed by atoms with E-state index in [9.17, 15) is 9.18 Å². The lowest BCUT2D eigenvalue weighted by Crippen LogP contribution is -2.47. The number of imidazole rings is 1. The number of hydrogen-bond acceptors (Lipinski definition) is 8. The molecule has 186 valence electrons. The molecule has 5 rings (SSSR count). The number of anilines is 1. The van der Waals surface area contributed by atoms with Crippen molar-refractivity contribution in [1.29, 1.82) is 0 Å². The van der Waals surface area contributed by atoms with E-state index in [2.05, 4.69) is 31.9 Å². The van der Waals surface area contributed by atoms with Crippen LogP contribution in [0.5, 0.6) is 6.01 Å². The van der Waals surface area contributed by atoms with Gasteiger partial charge >= 0.3 is 6.01 Å². The van der Waals surface area contributed by atoms with Gasteiger partial charge in [0.15, 0.2) is 17.0 Å². The zero-order valence-corrected chi connectivity index (χ0v) is 20.2. The topological polar surface area (TPSA) is 115 Å². The summed E-state index contributed by atoms with van der Waals surface area (Å²) >= 11 is 0. The van der Waals surface area contributed by atoms with E-state index < -0.39 is 5.82 Å². The Labute approximate surface area is 207 Å². The number of nitrogen functional groups attached to an aromatic ring is 1. The molecule has 1 fully saturated rings. The summed E-state index contributed by atoms with van der Waals surface area (Å²) in [5.74, 6) is 0.160. The van der Waals surface area contributed by atoms with Gasteiger partial charge < -0.3 is 24.8 Å². The van der Waals surface area contributed by atoms with Crippen molar-refractivity contribution in [2.45, 2.75) is 13.5 Å². The summed E-state index contributed by atoms with van der Waals surface area (Å²) in [4.78, 5) is 34.3. The smallest absolute Gasteiger partial charge is 0.320 e. The van der Waals surface area contributed by atoms with Crippen LogP contribution in [0.2, 0.25) is 0 Å². The highest BCUT2D eigenvalue weighted by Crippen LogP contribution is 2.28. The maximum atomic E-state index is 14.0. The third-order valence-electron chi connectivity index (χ3n) is 6.17. The van der Waals surface area contributed by atoms with Crippen LogP contribution >= 0.6 is 0 Å². The van der Waals surface area contributed by atoms with E-state index in [1.54, 1.807) is 0 Å². The Hall–Kier alpha value is -4.12. The van der Waals surface area contributed by atoms with E-state index in [1.165, 1.54) is 12.3 Å². The van der Waals surface area contributed by atoms with Crippen LogP contribution in [0, 0.1) is 5.82 Å². The Morgan fingerprint density at radius 3 is 2.53 bits per heavy atom. The number of halogens is 1. The van der Waals surface area contributed by atoms with Crippen molar-refractivity contribution >= 4 is 22.9 Å². The Balaban J connectivity index is 1.50. The first kappa shape index (κ1) is 23.6. The first-order valence-corrected chi connectivity index (χ1v) is 11.8. The van der Waals surface area contributed by atoms with Crippen molar-refractivity contribution in [2.75, 3.05) is 45.6 Å². The quantitative estimate of drug-likeness (QED) is 0.438. The molecule has 0 bridgehead atoms. The van der Waals surface area contributed by atoms with Gasteiger partial charge in [-0.25, -0.2) is 9.37 Å². The van der Waals surface area contributed by atoms with Crippen LogP contribution in [0.4, 0.5) is 10.2 Å². The number of rotatable bonds is 6. The van der Waals surface area contributed by atoms with Gasteiger partial charge in [-0.2, -0.15) is 9.97 Å². The summed E-state index contributed by atoms with van der Waals surface area (Å²) in [7, 11) is 2.06. The van der Waals surface area contributed by atoms with Gasteiger partial charge in [0.25, 0.3) is 5.91 Å². The van der Waals surface area contributed by atoms with Crippen molar-refractivity contribution < 1.29 is 13.9 Å².